The van der Waals surface area contributed by atoms with Gasteiger partial charge in [-0.25, -0.2) is 9.40 Å². The van der Waals surface area contributed by atoms with E-state index < -0.39 is 5.82 Å². The number of anilines is 2. The fourth-order valence-electron chi connectivity index (χ4n) is 2.24. The van der Waals surface area contributed by atoms with Crippen LogP contribution in [-0.4, -0.2) is 12.1 Å². The van der Waals surface area contributed by atoms with Gasteiger partial charge < -0.3 is 5.73 Å². The van der Waals surface area contributed by atoms with Crippen molar-refractivity contribution in [2.75, 3.05) is 10.7 Å². The van der Waals surface area contributed by atoms with E-state index >= 15 is 0 Å². The normalized spacial score (nSPS) is 14.5. The summed E-state index contributed by atoms with van der Waals surface area (Å²) in [7, 11) is 0. The summed E-state index contributed by atoms with van der Waals surface area (Å²) in [5, 5.41) is 5.25. The number of amides is 1. The number of nitrogens with two attached hydrogens (primary N) is 1. The Morgan fingerprint density at radius 3 is 2.57 bits per heavy atom. The van der Waals surface area contributed by atoms with Crippen molar-refractivity contribution in [1.82, 2.24) is 0 Å². The van der Waals surface area contributed by atoms with Gasteiger partial charge in [0.2, 0.25) is 5.91 Å². The molecule has 5 heteroatoms. The first kappa shape index (κ1) is 13.3. The molecule has 0 bridgehead atoms. The van der Waals surface area contributed by atoms with Crippen molar-refractivity contribution in [2.24, 2.45) is 5.10 Å². The second kappa shape index (κ2) is 5.36. The van der Waals surface area contributed by atoms with Gasteiger partial charge in [-0.1, -0.05) is 12.1 Å². The van der Waals surface area contributed by atoms with Crippen molar-refractivity contribution in [1.29, 1.82) is 0 Å². The number of carbonyl (C=O) groups excluding carboxylic acids is 1. The van der Waals surface area contributed by atoms with E-state index in [2.05, 4.69) is 5.10 Å². The second-order valence-electron chi connectivity index (χ2n) is 4.83. The maximum absolute atomic E-state index is 14.3. The van der Waals surface area contributed by atoms with E-state index in [1.54, 1.807) is 42.6 Å². The van der Waals surface area contributed by atoms with Crippen molar-refractivity contribution >= 4 is 23.5 Å². The van der Waals surface area contributed by atoms with Crippen LogP contribution in [0, 0.1) is 5.82 Å². The molecule has 1 aliphatic heterocycles. The monoisotopic (exact) mass is 283 g/mol. The number of halogens is 1. The number of hydrogen-bond acceptors (Lipinski definition) is 3. The number of nitrogen functional groups attached to an aromatic ring is 1. The van der Waals surface area contributed by atoms with Crippen LogP contribution in [0.3, 0.4) is 0 Å². The van der Waals surface area contributed by atoms with Crippen LogP contribution in [0.15, 0.2) is 47.6 Å². The van der Waals surface area contributed by atoms with E-state index in [1.807, 2.05) is 0 Å². The highest BCUT2D eigenvalue weighted by molar-refractivity contribution is 5.97. The predicted octanol–water partition coefficient (Wildman–Crippen LogP) is 3.19. The van der Waals surface area contributed by atoms with E-state index in [0.717, 1.165) is 5.56 Å². The maximum Gasteiger partial charge on any atom is 0.247 e. The van der Waals surface area contributed by atoms with Crippen LogP contribution in [0.4, 0.5) is 15.8 Å². The molecule has 2 aromatic carbocycles. The first-order valence-electron chi connectivity index (χ1n) is 6.66. The van der Waals surface area contributed by atoms with E-state index in [-0.39, 0.29) is 5.91 Å². The van der Waals surface area contributed by atoms with Crippen LogP contribution in [0.2, 0.25) is 0 Å². The molecule has 1 amide bonds. The van der Waals surface area contributed by atoms with Gasteiger partial charge in [0.25, 0.3) is 0 Å². The number of rotatable bonds is 2. The van der Waals surface area contributed by atoms with Gasteiger partial charge in [-0.15, -0.1) is 0 Å². The number of nitrogens with zero attached hydrogens (tertiary/aromatic N) is 2. The average Bonchev–Trinajstić information content (AvgIpc) is 2.49. The summed E-state index contributed by atoms with van der Waals surface area (Å²) in [4.78, 5) is 11.8. The molecule has 2 N–H and O–H groups in total. The summed E-state index contributed by atoms with van der Waals surface area (Å²) in [6, 6.07) is 11.6. The van der Waals surface area contributed by atoms with Crippen molar-refractivity contribution < 1.29 is 9.18 Å². The lowest BCUT2D eigenvalue weighted by molar-refractivity contribution is -0.118. The van der Waals surface area contributed by atoms with Crippen LogP contribution in [-0.2, 0) is 4.79 Å². The summed E-state index contributed by atoms with van der Waals surface area (Å²) >= 11 is 0. The Morgan fingerprint density at radius 1 is 1.14 bits per heavy atom. The van der Waals surface area contributed by atoms with E-state index in [4.69, 9.17) is 5.73 Å². The lowest BCUT2D eigenvalue weighted by Crippen LogP contribution is -2.28. The minimum atomic E-state index is -0.397. The van der Waals surface area contributed by atoms with Crippen molar-refractivity contribution in [3.05, 3.63) is 48.3 Å². The van der Waals surface area contributed by atoms with Crippen molar-refractivity contribution in [3.8, 4) is 11.1 Å². The Morgan fingerprint density at radius 2 is 1.90 bits per heavy atom. The summed E-state index contributed by atoms with van der Waals surface area (Å²) in [5.74, 6) is -0.525. The van der Waals surface area contributed by atoms with Gasteiger partial charge in [-0.05, 0) is 36.2 Å². The van der Waals surface area contributed by atoms with Gasteiger partial charge >= 0.3 is 0 Å². The molecule has 0 unspecified atom stereocenters. The number of carbonyl (C=O) groups is 1. The fourth-order valence-corrected chi connectivity index (χ4v) is 2.24. The fraction of sp³-hybridized carbons (Fsp3) is 0.125. The molecule has 0 spiro atoms. The van der Waals surface area contributed by atoms with Gasteiger partial charge in [0, 0.05) is 30.0 Å². The number of hydrazone groups is 1. The Kier molecular flexibility index (Phi) is 3.39. The molecule has 0 atom stereocenters. The Labute approximate surface area is 121 Å². The summed E-state index contributed by atoms with van der Waals surface area (Å²) in [6.45, 7) is 0. The van der Waals surface area contributed by atoms with E-state index in [0.29, 0.717) is 29.8 Å². The molecular weight excluding hydrogens is 269 g/mol. The smallest absolute Gasteiger partial charge is 0.247 e. The minimum absolute atomic E-state index is 0.128. The molecule has 0 fully saturated rings. The van der Waals surface area contributed by atoms with Crippen molar-refractivity contribution in [2.45, 2.75) is 12.8 Å². The molecule has 3 rings (SSSR count). The molecule has 21 heavy (non-hydrogen) atoms. The van der Waals surface area contributed by atoms with Gasteiger partial charge in [0.1, 0.15) is 5.82 Å². The van der Waals surface area contributed by atoms with E-state index in [1.165, 1.54) is 11.1 Å². The first-order valence-corrected chi connectivity index (χ1v) is 6.66. The molecule has 0 saturated carbocycles. The Hall–Kier alpha value is -2.69. The molecule has 0 saturated heterocycles. The third-order valence-electron chi connectivity index (χ3n) is 3.34. The van der Waals surface area contributed by atoms with Gasteiger partial charge in [0.05, 0.1) is 5.69 Å². The highest BCUT2D eigenvalue weighted by Gasteiger charge is 2.18. The molecule has 0 radical (unpaired) electrons. The highest BCUT2D eigenvalue weighted by Crippen LogP contribution is 2.28. The van der Waals surface area contributed by atoms with Gasteiger partial charge in [0.15, 0.2) is 0 Å². The summed E-state index contributed by atoms with van der Waals surface area (Å²) in [6.07, 6.45) is 2.68. The molecule has 2 aromatic rings. The lowest BCUT2D eigenvalue weighted by atomic mass is 10.0. The zero-order valence-corrected chi connectivity index (χ0v) is 11.3. The zero-order chi connectivity index (χ0) is 14.8. The minimum Gasteiger partial charge on any atom is -0.399 e. The highest BCUT2D eigenvalue weighted by atomic mass is 19.1. The topological polar surface area (TPSA) is 58.7 Å². The maximum atomic E-state index is 14.3. The standard InChI is InChI=1S/C16H14FN3O/c17-15-10-13(20-16(21)2-1-9-19-20)7-8-14(15)11-3-5-12(18)6-4-11/h3-10H,1-2,18H2. The molecule has 106 valence electrons. The lowest BCUT2D eigenvalue weighted by Gasteiger charge is -2.20. The molecule has 1 heterocycles. The van der Waals surface area contributed by atoms with Crippen LogP contribution in [0.25, 0.3) is 11.1 Å². The summed E-state index contributed by atoms with van der Waals surface area (Å²) < 4.78 is 14.3. The quantitative estimate of drug-likeness (QED) is 0.860. The summed E-state index contributed by atoms with van der Waals surface area (Å²) in [5.41, 5.74) is 7.89. The average molecular weight is 283 g/mol. The van der Waals surface area contributed by atoms with Crippen LogP contribution in [0.5, 0.6) is 0 Å². The Balaban J connectivity index is 1.96. The first-order chi connectivity index (χ1) is 10.1. The number of benzene rings is 2. The van der Waals surface area contributed by atoms with Crippen LogP contribution in [0.1, 0.15) is 12.8 Å². The zero-order valence-electron chi connectivity index (χ0n) is 11.3. The molecular formula is C16H14FN3O. The predicted molar refractivity (Wildman–Crippen MR) is 81.5 cm³/mol. The molecule has 0 aliphatic carbocycles. The Bertz CT molecular complexity index is 710. The second-order valence-corrected chi connectivity index (χ2v) is 4.83. The molecule has 1 aliphatic rings. The van der Waals surface area contributed by atoms with Crippen LogP contribution >= 0.6 is 0 Å². The third kappa shape index (κ3) is 2.63. The van der Waals surface area contributed by atoms with Crippen LogP contribution < -0.4 is 10.7 Å². The molecule has 0 aromatic heterocycles. The number of hydrogen-bond donors (Lipinski definition) is 1. The van der Waals surface area contributed by atoms with Crippen molar-refractivity contribution in [3.63, 3.8) is 0 Å². The largest absolute Gasteiger partial charge is 0.399 e. The third-order valence-corrected chi connectivity index (χ3v) is 3.34. The van der Waals surface area contributed by atoms with Gasteiger partial charge in [-0.3, -0.25) is 4.79 Å². The van der Waals surface area contributed by atoms with E-state index in [9.17, 15) is 9.18 Å². The molecule has 4 nitrogen and oxygen atoms in total. The van der Waals surface area contributed by atoms with Gasteiger partial charge in [-0.2, -0.15) is 5.10 Å². The SMILES string of the molecule is Nc1ccc(-c2ccc(N3N=CCCC3=O)cc2F)cc1.